The number of nitrogens with one attached hydrogen (secondary N) is 1. The van der Waals surface area contributed by atoms with Crippen LogP contribution in [0, 0.1) is 0 Å². The van der Waals surface area contributed by atoms with Crippen molar-refractivity contribution >= 4 is 22.4 Å². The van der Waals surface area contributed by atoms with Gasteiger partial charge >= 0.3 is 0 Å². The molecular formula is C16H20ClNO. The standard InChI is InChI=1S/C16H20ClNO/c1-12(2)18-10-14(17)11-19-16-9-5-7-13-6-3-4-8-15(13)16/h3-9,12,14,18H,10-11H2,1-2H3/t14-/m0/s1. The maximum absolute atomic E-state index is 6.24. The third-order valence-electron chi connectivity index (χ3n) is 2.92. The zero-order valence-corrected chi connectivity index (χ0v) is 12.2. The second-order valence-electron chi connectivity index (χ2n) is 4.95. The van der Waals surface area contributed by atoms with Gasteiger partial charge in [-0.25, -0.2) is 0 Å². The van der Waals surface area contributed by atoms with Crippen LogP contribution in [-0.4, -0.2) is 24.6 Å². The van der Waals surface area contributed by atoms with Crippen molar-refractivity contribution in [2.45, 2.75) is 25.3 Å². The predicted octanol–water partition coefficient (Wildman–Crippen LogP) is 3.82. The van der Waals surface area contributed by atoms with Crippen molar-refractivity contribution in [3.8, 4) is 5.75 Å². The van der Waals surface area contributed by atoms with E-state index in [2.05, 4.69) is 37.4 Å². The minimum Gasteiger partial charge on any atom is -0.491 e. The minimum atomic E-state index is -0.0265. The summed E-state index contributed by atoms with van der Waals surface area (Å²) in [4.78, 5) is 0. The maximum atomic E-state index is 6.24. The number of rotatable bonds is 6. The zero-order chi connectivity index (χ0) is 13.7. The van der Waals surface area contributed by atoms with Crippen molar-refractivity contribution in [3.63, 3.8) is 0 Å². The van der Waals surface area contributed by atoms with E-state index < -0.39 is 0 Å². The quantitative estimate of drug-likeness (QED) is 0.811. The van der Waals surface area contributed by atoms with Crippen LogP contribution in [0.2, 0.25) is 0 Å². The fraction of sp³-hybridized carbons (Fsp3) is 0.375. The van der Waals surface area contributed by atoms with Gasteiger partial charge < -0.3 is 10.1 Å². The normalized spacial score (nSPS) is 12.8. The number of benzene rings is 2. The lowest BCUT2D eigenvalue weighted by atomic mass is 10.1. The van der Waals surface area contributed by atoms with Gasteiger partial charge in [-0.3, -0.25) is 0 Å². The number of hydrogen-bond donors (Lipinski definition) is 1. The first-order valence-corrected chi connectivity index (χ1v) is 7.08. The third-order valence-corrected chi connectivity index (χ3v) is 3.20. The van der Waals surface area contributed by atoms with Gasteiger partial charge in [-0.15, -0.1) is 11.6 Å². The Bertz CT molecular complexity index is 522. The van der Waals surface area contributed by atoms with Gasteiger partial charge in [0.15, 0.2) is 0 Å². The number of fused-ring (bicyclic) bond motifs is 1. The highest BCUT2D eigenvalue weighted by atomic mass is 35.5. The Balaban J connectivity index is 1.98. The molecule has 2 aromatic carbocycles. The minimum absolute atomic E-state index is 0.0265. The van der Waals surface area contributed by atoms with Gasteiger partial charge in [0.1, 0.15) is 12.4 Å². The molecular weight excluding hydrogens is 258 g/mol. The van der Waals surface area contributed by atoms with Crippen molar-refractivity contribution in [1.82, 2.24) is 5.32 Å². The lowest BCUT2D eigenvalue weighted by Crippen LogP contribution is -2.32. The van der Waals surface area contributed by atoms with Crippen LogP contribution in [0.25, 0.3) is 10.8 Å². The Hall–Kier alpha value is -1.25. The largest absolute Gasteiger partial charge is 0.491 e. The Morgan fingerprint density at radius 3 is 2.63 bits per heavy atom. The molecule has 0 fully saturated rings. The van der Waals surface area contributed by atoms with Gasteiger partial charge in [0.25, 0.3) is 0 Å². The van der Waals surface area contributed by atoms with Crippen molar-refractivity contribution < 1.29 is 4.74 Å². The van der Waals surface area contributed by atoms with E-state index in [4.69, 9.17) is 16.3 Å². The average molecular weight is 278 g/mol. The first kappa shape index (κ1) is 14.2. The number of halogens is 1. The van der Waals surface area contributed by atoms with E-state index in [-0.39, 0.29) is 5.38 Å². The molecule has 2 aromatic rings. The maximum Gasteiger partial charge on any atom is 0.127 e. The van der Waals surface area contributed by atoms with Crippen molar-refractivity contribution in [2.24, 2.45) is 0 Å². The van der Waals surface area contributed by atoms with Crippen LogP contribution in [0.15, 0.2) is 42.5 Å². The number of alkyl halides is 1. The smallest absolute Gasteiger partial charge is 0.127 e. The molecule has 0 spiro atoms. The van der Waals surface area contributed by atoms with Gasteiger partial charge in [0.2, 0.25) is 0 Å². The van der Waals surface area contributed by atoms with Crippen molar-refractivity contribution in [2.75, 3.05) is 13.2 Å². The predicted molar refractivity (Wildman–Crippen MR) is 82.2 cm³/mol. The van der Waals surface area contributed by atoms with E-state index in [1.165, 1.54) is 5.39 Å². The first-order chi connectivity index (χ1) is 9.16. The molecule has 1 atom stereocenters. The fourth-order valence-corrected chi connectivity index (χ4v) is 2.08. The topological polar surface area (TPSA) is 21.3 Å². The SMILES string of the molecule is CC(C)NC[C@H](Cl)COc1cccc2ccccc12. The lowest BCUT2D eigenvalue weighted by molar-refractivity contribution is 0.313. The van der Waals surface area contributed by atoms with Crippen molar-refractivity contribution in [1.29, 1.82) is 0 Å². The monoisotopic (exact) mass is 277 g/mol. The third kappa shape index (κ3) is 4.12. The highest BCUT2D eigenvalue weighted by Crippen LogP contribution is 2.25. The van der Waals surface area contributed by atoms with Crippen LogP contribution in [0.5, 0.6) is 5.75 Å². The molecule has 1 N–H and O–H groups in total. The molecule has 0 aliphatic carbocycles. The summed E-state index contributed by atoms with van der Waals surface area (Å²) < 4.78 is 5.84. The summed E-state index contributed by atoms with van der Waals surface area (Å²) in [7, 11) is 0. The molecule has 0 unspecified atom stereocenters. The molecule has 0 radical (unpaired) electrons. The van der Waals surface area contributed by atoms with E-state index >= 15 is 0 Å². The number of ether oxygens (including phenoxy) is 1. The molecule has 0 saturated heterocycles. The summed E-state index contributed by atoms with van der Waals surface area (Å²) in [6.45, 7) is 5.48. The molecule has 0 heterocycles. The van der Waals surface area contributed by atoms with Crippen LogP contribution in [0.3, 0.4) is 0 Å². The summed E-state index contributed by atoms with van der Waals surface area (Å²) in [5.74, 6) is 0.897. The van der Waals surface area contributed by atoms with Crippen molar-refractivity contribution in [3.05, 3.63) is 42.5 Å². The molecule has 0 aromatic heterocycles. The second-order valence-corrected chi connectivity index (χ2v) is 5.57. The highest BCUT2D eigenvalue weighted by molar-refractivity contribution is 6.20. The van der Waals surface area contributed by atoms with Crippen LogP contribution in [0.4, 0.5) is 0 Å². The zero-order valence-electron chi connectivity index (χ0n) is 11.4. The summed E-state index contributed by atoms with van der Waals surface area (Å²) in [5.41, 5.74) is 0. The Morgan fingerprint density at radius 1 is 1.11 bits per heavy atom. The fourth-order valence-electron chi connectivity index (χ4n) is 1.92. The molecule has 0 aliphatic rings. The average Bonchev–Trinajstić information content (AvgIpc) is 2.42. The molecule has 19 heavy (non-hydrogen) atoms. The Morgan fingerprint density at radius 2 is 1.84 bits per heavy atom. The van der Waals surface area contributed by atoms with Crippen LogP contribution in [-0.2, 0) is 0 Å². The molecule has 102 valence electrons. The lowest BCUT2D eigenvalue weighted by Gasteiger charge is -2.15. The number of hydrogen-bond acceptors (Lipinski definition) is 2. The molecule has 2 rings (SSSR count). The van der Waals surface area contributed by atoms with Gasteiger partial charge in [-0.05, 0) is 11.5 Å². The molecule has 0 aliphatic heterocycles. The molecule has 0 amide bonds. The molecule has 3 heteroatoms. The van der Waals surface area contributed by atoms with Crippen LogP contribution < -0.4 is 10.1 Å². The van der Waals surface area contributed by atoms with Gasteiger partial charge in [-0.2, -0.15) is 0 Å². The Kier molecular flexibility index (Phi) is 5.06. The summed E-state index contributed by atoms with van der Waals surface area (Å²) in [6, 6.07) is 14.7. The van der Waals surface area contributed by atoms with E-state index in [9.17, 15) is 0 Å². The molecule has 0 bridgehead atoms. The summed E-state index contributed by atoms with van der Waals surface area (Å²) in [6.07, 6.45) is 0. The van der Waals surface area contributed by atoms with Gasteiger partial charge in [-0.1, -0.05) is 50.2 Å². The van der Waals surface area contributed by atoms with E-state index in [0.717, 1.165) is 17.7 Å². The van der Waals surface area contributed by atoms with Crippen LogP contribution in [0.1, 0.15) is 13.8 Å². The van der Waals surface area contributed by atoms with Gasteiger partial charge in [0, 0.05) is 18.0 Å². The van der Waals surface area contributed by atoms with E-state index in [0.29, 0.717) is 12.6 Å². The summed E-state index contributed by atoms with van der Waals surface area (Å²) in [5, 5.41) is 5.60. The Labute approximate surface area is 119 Å². The van der Waals surface area contributed by atoms with E-state index in [1.54, 1.807) is 0 Å². The second kappa shape index (κ2) is 6.78. The first-order valence-electron chi connectivity index (χ1n) is 6.65. The molecule has 0 saturated carbocycles. The van der Waals surface area contributed by atoms with Crippen LogP contribution >= 0.6 is 11.6 Å². The molecule has 2 nitrogen and oxygen atoms in total. The van der Waals surface area contributed by atoms with E-state index in [1.807, 2.05) is 24.3 Å². The summed E-state index contributed by atoms with van der Waals surface area (Å²) >= 11 is 6.24. The highest BCUT2D eigenvalue weighted by Gasteiger charge is 2.08. The van der Waals surface area contributed by atoms with Gasteiger partial charge in [0.05, 0.1) is 5.38 Å².